The van der Waals surface area contributed by atoms with Crippen molar-refractivity contribution in [3.63, 3.8) is 0 Å². The smallest absolute Gasteiger partial charge is 0.226 e. The van der Waals surface area contributed by atoms with Crippen molar-refractivity contribution < 1.29 is 9.59 Å². The predicted octanol–water partition coefficient (Wildman–Crippen LogP) is 5.90. The first-order valence-corrected chi connectivity index (χ1v) is 10.4. The van der Waals surface area contributed by atoms with Crippen LogP contribution in [0.1, 0.15) is 41.3 Å². The second-order valence-electron chi connectivity index (χ2n) is 7.26. The van der Waals surface area contributed by atoms with Crippen LogP contribution < -0.4 is 4.90 Å². The molecule has 1 amide bonds. The summed E-state index contributed by atoms with van der Waals surface area (Å²) < 4.78 is 0. The molecule has 5 heteroatoms. The van der Waals surface area contributed by atoms with Gasteiger partial charge in [-0.1, -0.05) is 54.9 Å². The molecule has 0 saturated carbocycles. The van der Waals surface area contributed by atoms with Crippen LogP contribution in [0.15, 0.2) is 60.8 Å². The number of amides is 1. The van der Waals surface area contributed by atoms with Crippen molar-refractivity contribution in [2.24, 2.45) is 0 Å². The van der Waals surface area contributed by atoms with Gasteiger partial charge >= 0.3 is 0 Å². The van der Waals surface area contributed by atoms with Gasteiger partial charge in [-0.3, -0.25) is 9.59 Å². The van der Waals surface area contributed by atoms with Gasteiger partial charge in [0.25, 0.3) is 0 Å². The zero-order chi connectivity index (χ0) is 21.7. The van der Waals surface area contributed by atoms with E-state index < -0.39 is 0 Å². The van der Waals surface area contributed by atoms with Crippen LogP contribution in [-0.2, 0) is 11.2 Å². The summed E-state index contributed by atoms with van der Waals surface area (Å²) in [7, 11) is 1.78. The van der Waals surface area contributed by atoms with Crippen molar-refractivity contribution in [3.8, 4) is 11.1 Å². The first kappa shape index (κ1) is 21.7. The molecular weight excluding hydrogens is 396 g/mol. The molecule has 0 bridgehead atoms. The summed E-state index contributed by atoms with van der Waals surface area (Å²) in [6.45, 7) is 3.81. The number of ketones is 1. The van der Waals surface area contributed by atoms with Gasteiger partial charge < -0.3 is 4.90 Å². The van der Waals surface area contributed by atoms with Crippen LogP contribution in [0.2, 0.25) is 5.15 Å². The fourth-order valence-corrected chi connectivity index (χ4v) is 3.62. The Morgan fingerprint density at radius 2 is 1.73 bits per heavy atom. The van der Waals surface area contributed by atoms with E-state index in [0.29, 0.717) is 24.4 Å². The number of carbonyl (C=O) groups is 2. The van der Waals surface area contributed by atoms with E-state index in [1.54, 1.807) is 18.1 Å². The molecule has 4 nitrogen and oxygen atoms in total. The van der Waals surface area contributed by atoms with Gasteiger partial charge in [0.2, 0.25) is 5.91 Å². The summed E-state index contributed by atoms with van der Waals surface area (Å²) in [5, 5.41) is 0.451. The number of Topliss-reactive ketones (excluding diaryl/α,β-unsaturated/α-hetero) is 1. The number of aromatic nitrogens is 1. The van der Waals surface area contributed by atoms with E-state index in [-0.39, 0.29) is 11.7 Å². The van der Waals surface area contributed by atoms with E-state index in [0.717, 1.165) is 33.5 Å². The lowest BCUT2D eigenvalue weighted by Gasteiger charge is -2.17. The summed E-state index contributed by atoms with van der Waals surface area (Å²) >= 11 is 6.09. The minimum atomic E-state index is 0.0778. The van der Waals surface area contributed by atoms with Crippen molar-refractivity contribution in [1.82, 2.24) is 4.98 Å². The third-order valence-corrected chi connectivity index (χ3v) is 5.59. The number of hydrogen-bond acceptors (Lipinski definition) is 3. The normalized spacial score (nSPS) is 10.7. The maximum absolute atomic E-state index is 12.7. The molecular formula is C25H25ClN2O2. The summed E-state index contributed by atoms with van der Waals surface area (Å²) in [6, 6.07) is 17.5. The number of nitrogens with zero attached hydrogens (tertiary/aromatic N) is 2. The SMILES string of the molecule is CCC(=O)N(C)c1ccc(-c2ccc(C(=O)CCc3cccnc3Cl)c(C)c2)cc1. The van der Waals surface area contributed by atoms with Crippen LogP contribution in [0.3, 0.4) is 0 Å². The van der Waals surface area contributed by atoms with Crippen LogP contribution in [0.5, 0.6) is 0 Å². The highest BCUT2D eigenvalue weighted by atomic mass is 35.5. The highest BCUT2D eigenvalue weighted by Crippen LogP contribution is 2.26. The second kappa shape index (κ2) is 9.68. The van der Waals surface area contributed by atoms with Gasteiger partial charge in [0, 0.05) is 37.3 Å². The monoisotopic (exact) mass is 420 g/mol. The molecule has 30 heavy (non-hydrogen) atoms. The number of pyridine rings is 1. The quantitative estimate of drug-likeness (QED) is 0.353. The van der Waals surface area contributed by atoms with Crippen molar-refractivity contribution in [1.29, 1.82) is 0 Å². The van der Waals surface area contributed by atoms with Gasteiger partial charge in [-0.15, -0.1) is 0 Å². The Labute approximate surface area is 182 Å². The fraction of sp³-hybridized carbons (Fsp3) is 0.240. The number of anilines is 1. The maximum Gasteiger partial charge on any atom is 0.226 e. The fourth-order valence-electron chi connectivity index (χ4n) is 3.40. The molecule has 3 aromatic rings. The summed E-state index contributed by atoms with van der Waals surface area (Å²) in [6.07, 6.45) is 3.07. The highest BCUT2D eigenvalue weighted by molar-refractivity contribution is 6.30. The van der Waals surface area contributed by atoms with Crippen molar-refractivity contribution in [2.75, 3.05) is 11.9 Å². The summed E-state index contributed by atoms with van der Waals surface area (Å²) in [5.74, 6) is 0.169. The summed E-state index contributed by atoms with van der Waals surface area (Å²) in [5.41, 5.74) is 5.49. The van der Waals surface area contributed by atoms with Crippen molar-refractivity contribution in [3.05, 3.63) is 82.6 Å². The van der Waals surface area contributed by atoms with E-state index in [9.17, 15) is 9.59 Å². The molecule has 0 spiro atoms. The molecule has 0 fully saturated rings. The lowest BCUT2D eigenvalue weighted by molar-refractivity contribution is -0.118. The average Bonchev–Trinajstić information content (AvgIpc) is 2.77. The van der Waals surface area contributed by atoms with E-state index >= 15 is 0 Å². The Kier molecular flexibility index (Phi) is 7.01. The zero-order valence-electron chi connectivity index (χ0n) is 17.5. The van der Waals surface area contributed by atoms with Gasteiger partial charge in [0.05, 0.1) is 0 Å². The molecule has 1 heterocycles. The van der Waals surface area contributed by atoms with Gasteiger partial charge in [-0.05, 0) is 53.8 Å². The first-order chi connectivity index (χ1) is 14.4. The third-order valence-electron chi connectivity index (χ3n) is 5.25. The largest absolute Gasteiger partial charge is 0.316 e. The minimum Gasteiger partial charge on any atom is -0.316 e. The molecule has 154 valence electrons. The van der Waals surface area contributed by atoms with Crippen LogP contribution in [0, 0.1) is 6.92 Å². The lowest BCUT2D eigenvalue weighted by Crippen LogP contribution is -2.24. The second-order valence-corrected chi connectivity index (χ2v) is 7.62. The zero-order valence-corrected chi connectivity index (χ0v) is 18.2. The number of rotatable bonds is 7. The number of hydrogen-bond donors (Lipinski definition) is 0. The number of benzene rings is 2. The van der Waals surface area contributed by atoms with Gasteiger partial charge in [-0.25, -0.2) is 4.98 Å². The predicted molar refractivity (Wildman–Crippen MR) is 122 cm³/mol. The molecule has 2 aromatic carbocycles. The van der Waals surface area contributed by atoms with Gasteiger partial charge in [-0.2, -0.15) is 0 Å². The molecule has 0 unspecified atom stereocenters. The average molecular weight is 421 g/mol. The van der Waals surface area contributed by atoms with Gasteiger partial charge in [0.15, 0.2) is 5.78 Å². The van der Waals surface area contributed by atoms with Crippen LogP contribution >= 0.6 is 11.6 Å². The summed E-state index contributed by atoms with van der Waals surface area (Å²) in [4.78, 5) is 30.3. The Morgan fingerprint density at radius 3 is 2.37 bits per heavy atom. The molecule has 0 aliphatic heterocycles. The molecule has 0 atom stereocenters. The molecule has 0 aliphatic rings. The Balaban J connectivity index is 1.72. The molecule has 0 aliphatic carbocycles. The molecule has 0 N–H and O–H groups in total. The van der Waals surface area contributed by atoms with E-state index in [2.05, 4.69) is 4.98 Å². The van der Waals surface area contributed by atoms with Crippen molar-refractivity contribution >= 4 is 29.0 Å². The highest BCUT2D eigenvalue weighted by Gasteiger charge is 2.13. The van der Waals surface area contributed by atoms with Crippen molar-refractivity contribution in [2.45, 2.75) is 33.1 Å². The minimum absolute atomic E-state index is 0.0778. The number of halogens is 1. The Hall–Kier alpha value is -2.98. The first-order valence-electron chi connectivity index (χ1n) is 10.0. The van der Waals surface area contributed by atoms with E-state index in [1.165, 1.54) is 0 Å². The lowest BCUT2D eigenvalue weighted by atomic mass is 9.95. The van der Waals surface area contributed by atoms with E-state index in [4.69, 9.17) is 11.6 Å². The van der Waals surface area contributed by atoms with Gasteiger partial charge in [0.1, 0.15) is 5.15 Å². The van der Waals surface area contributed by atoms with Crippen LogP contribution in [-0.4, -0.2) is 23.7 Å². The molecule has 0 saturated heterocycles. The van der Waals surface area contributed by atoms with Crippen LogP contribution in [0.4, 0.5) is 5.69 Å². The maximum atomic E-state index is 12.7. The number of carbonyl (C=O) groups excluding carboxylic acids is 2. The molecule has 0 radical (unpaired) electrons. The number of aryl methyl sites for hydroxylation is 2. The Morgan fingerprint density at radius 1 is 1.03 bits per heavy atom. The Bertz CT molecular complexity index is 1060. The molecule has 1 aromatic heterocycles. The third kappa shape index (κ3) is 4.95. The topological polar surface area (TPSA) is 50.3 Å². The van der Waals surface area contributed by atoms with E-state index in [1.807, 2.05) is 68.4 Å². The standard InChI is InChI=1S/C25H25ClN2O2/c1-4-24(30)28(3)21-11-7-18(8-12-21)20-9-13-22(17(2)16-20)23(29)14-10-19-6-5-15-27-25(19)26/h5-9,11-13,15-16H,4,10,14H2,1-3H3. The molecule has 3 rings (SSSR count). The van der Waals surface area contributed by atoms with Crippen LogP contribution in [0.25, 0.3) is 11.1 Å².